The van der Waals surface area contributed by atoms with Crippen molar-refractivity contribution in [1.82, 2.24) is 5.32 Å². The van der Waals surface area contributed by atoms with Crippen molar-refractivity contribution in [2.24, 2.45) is 5.92 Å². The number of carbonyl (C=O) groups excluding carboxylic acids is 1. The van der Waals surface area contributed by atoms with E-state index in [0.717, 1.165) is 12.8 Å². The van der Waals surface area contributed by atoms with Gasteiger partial charge < -0.3 is 10.1 Å². The molecule has 1 aromatic rings. The van der Waals surface area contributed by atoms with E-state index in [2.05, 4.69) is 5.32 Å². The van der Waals surface area contributed by atoms with Crippen LogP contribution in [0.4, 0.5) is 0 Å². The van der Waals surface area contributed by atoms with Crippen LogP contribution in [0.1, 0.15) is 36.5 Å². The Labute approximate surface area is 129 Å². The molecule has 1 amide bonds. The SMILES string of the molecule is CCOc1ccc(C(=O)NCC2CCC2)cc1S(=O)(=O)Cl. The summed E-state index contributed by atoms with van der Waals surface area (Å²) in [5.41, 5.74) is 0.261. The minimum Gasteiger partial charge on any atom is -0.492 e. The molecule has 2 rings (SSSR count). The van der Waals surface area contributed by atoms with Gasteiger partial charge in [-0.1, -0.05) is 6.42 Å². The fourth-order valence-corrected chi connectivity index (χ4v) is 3.15. The highest BCUT2D eigenvalue weighted by Gasteiger charge is 2.21. The minimum absolute atomic E-state index is 0.156. The summed E-state index contributed by atoms with van der Waals surface area (Å²) in [5.74, 6) is 0.391. The molecule has 21 heavy (non-hydrogen) atoms. The maximum atomic E-state index is 12.0. The zero-order valence-corrected chi connectivity index (χ0v) is 13.3. The molecule has 0 aromatic heterocycles. The standard InChI is InChI=1S/C14H18ClNO4S/c1-2-20-12-7-6-11(8-13(12)21(15,18)19)14(17)16-9-10-4-3-5-10/h6-8,10H,2-5,9H2,1H3,(H,16,17). The number of hydrogen-bond donors (Lipinski definition) is 1. The normalized spacial score (nSPS) is 15.3. The van der Waals surface area contributed by atoms with Crippen LogP contribution in [-0.2, 0) is 9.05 Å². The summed E-state index contributed by atoms with van der Waals surface area (Å²) in [5, 5.41) is 2.81. The summed E-state index contributed by atoms with van der Waals surface area (Å²) in [7, 11) is 1.43. The van der Waals surface area contributed by atoms with Crippen LogP contribution in [0.5, 0.6) is 5.75 Å². The minimum atomic E-state index is -3.97. The van der Waals surface area contributed by atoms with Gasteiger partial charge in [0.1, 0.15) is 10.6 Å². The molecule has 0 atom stereocenters. The van der Waals surface area contributed by atoms with Gasteiger partial charge in [-0.2, -0.15) is 0 Å². The molecule has 0 radical (unpaired) electrons. The monoisotopic (exact) mass is 331 g/mol. The highest BCUT2D eigenvalue weighted by Crippen LogP contribution is 2.28. The lowest BCUT2D eigenvalue weighted by Crippen LogP contribution is -2.32. The average molecular weight is 332 g/mol. The van der Waals surface area contributed by atoms with Crippen LogP contribution in [0, 0.1) is 5.92 Å². The Bertz CT molecular complexity index is 626. The number of rotatable bonds is 6. The first-order valence-electron chi connectivity index (χ1n) is 6.91. The number of benzene rings is 1. The lowest BCUT2D eigenvalue weighted by atomic mass is 9.85. The van der Waals surface area contributed by atoms with Gasteiger partial charge in [-0.05, 0) is 43.9 Å². The smallest absolute Gasteiger partial charge is 0.265 e. The van der Waals surface area contributed by atoms with E-state index >= 15 is 0 Å². The van der Waals surface area contributed by atoms with Crippen molar-refractivity contribution in [3.8, 4) is 5.75 Å². The molecular formula is C14H18ClNO4S. The second kappa shape index (κ2) is 6.66. The summed E-state index contributed by atoms with van der Waals surface area (Å²) < 4.78 is 28.4. The maximum Gasteiger partial charge on any atom is 0.265 e. The molecular weight excluding hydrogens is 314 g/mol. The summed E-state index contributed by atoms with van der Waals surface area (Å²) in [4.78, 5) is 11.9. The van der Waals surface area contributed by atoms with Crippen LogP contribution in [-0.4, -0.2) is 27.5 Å². The van der Waals surface area contributed by atoms with Crippen LogP contribution < -0.4 is 10.1 Å². The Morgan fingerprint density at radius 2 is 2.14 bits per heavy atom. The van der Waals surface area contributed by atoms with Crippen LogP contribution in [0.3, 0.4) is 0 Å². The van der Waals surface area contributed by atoms with Crippen molar-refractivity contribution < 1.29 is 17.9 Å². The first kappa shape index (κ1) is 16.1. The van der Waals surface area contributed by atoms with Crippen LogP contribution >= 0.6 is 10.7 Å². The van der Waals surface area contributed by atoms with Crippen molar-refractivity contribution in [3.05, 3.63) is 23.8 Å². The molecule has 0 bridgehead atoms. The second-order valence-electron chi connectivity index (χ2n) is 5.04. The van der Waals surface area contributed by atoms with Gasteiger partial charge in [0.15, 0.2) is 0 Å². The zero-order valence-electron chi connectivity index (χ0n) is 11.8. The van der Waals surface area contributed by atoms with Crippen molar-refractivity contribution >= 4 is 25.6 Å². The molecule has 1 N–H and O–H groups in total. The molecule has 1 aliphatic rings. The third-order valence-corrected chi connectivity index (χ3v) is 4.89. The largest absolute Gasteiger partial charge is 0.492 e. The van der Waals surface area contributed by atoms with Gasteiger partial charge in [0.05, 0.1) is 6.61 Å². The summed E-state index contributed by atoms with van der Waals surface area (Å²) in [6.07, 6.45) is 3.47. The zero-order chi connectivity index (χ0) is 15.5. The van der Waals surface area contributed by atoms with Crippen LogP contribution in [0.15, 0.2) is 23.1 Å². The fraction of sp³-hybridized carbons (Fsp3) is 0.500. The lowest BCUT2D eigenvalue weighted by molar-refractivity contribution is 0.0939. The second-order valence-corrected chi connectivity index (χ2v) is 7.57. The lowest BCUT2D eigenvalue weighted by Gasteiger charge is -2.25. The quantitative estimate of drug-likeness (QED) is 0.813. The van der Waals surface area contributed by atoms with Gasteiger partial charge in [0, 0.05) is 22.8 Å². The number of carbonyl (C=O) groups is 1. The van der Waals surface area contributed by atoms with E-state index in [0.29, 0.717) is 19.1 Å². The van der Waals surface area contributed by atoms with Crippen molar-refractivity contribution in [3.63, 3.8) is 0 Å². The summed E-state index contributed by atoms with van der Waals surface area (Å²) in [6, 6.07) is 4.24. The molecule has 1 aliphatic carbocycles. The predicted octanol–water partition coefficient (Wildman–Crippen LogP) is 2.54. The number of hydrogen-bond acceptors (Lipinski definition) is 4. The van der Waals surface area contributed by atoms with Gasteiger partial charge in [-0.15, -0.1) is 0 Å². The van der Waals surface area contributed by atoms with Gasteiger partial charge in [0.25, 0.3) is 15.0 Å². The third kappa shape index (κ3) is 4.11. The number of amides is 1. The number of ether oxygens (including phenoxy) is 1. The third-order valence-electron chi connectivity index (χ3n) is 3.54. The van der Waals surface area contributed by atoms with E-state index in [1.807, 2.05) is 0 Å². The van der Waals surface area contributed by atoms with Gasteiger partial charge in [-0.3, -0.25) is 4.79 Å². The topological polar surface area (TPSA) is 72.5 Å². The van der Waals surface area contributed by atoms with E-state index in [4.69, 9.17) is 15.4 Å². The van der Waals surface area contributed by atoms with E-state index in [1.165, 1.54) is 24.6 Å². The van der Waals surface area contributed by atoms with E-state index in [1.54, 1.807) is 6.92 Å². The fourth-order valence-electron chi connectivity index (χ4n) is 2.15. The molecule has 1 aromatic carbocycles. The highest BCUT2D eigenvalue weighted by atomic mass is 35.7. The molecule has 0 saturated heterocycles. The molecule has 1 saturated carbocycles. The molecule has 0 spiro atoms. The number of halogens is 1. The molecule has 7 heteroatoms. The van der Waals surface area contributed by atoms with E-state index in [9.17, 15) is 13.2 Å². The van der Waals surface area contributed by atoms with Gasteiger partial charge >= 0.3 is 0 Å². The first-order valence-corrected chi connectivity index (χ1v) is 9.22. The van der Waals surface area contributed by atoms with E-state index in [-0.39, 0.29) is 22.1 Å². The Balaban J connectivity index is 2.17. The summed E-state index contributed by atoms with van der Waals surface area (Å²) >= 11 is 0. The van der Waals surface area contributed by atoms with E-state index < -0.39 is 9.05 Å². The molecule has 0 heterocycles. The average Bonchev–Trinajstić information content (AvgIpc) is 2.36. The maximum absolute atomic E-state index is 12.0. The molecule has 1 fully saturated rings. The van der Waals surface area contributed by atoms with Crippen LogP contribution in [0.2, 0.25) is 0 Å². The predicted molar refractivity (Wildman–Crippen MR) is 80.3 cm³/mol. The Morgan fingerprint density at radius 3 is 2.67 bits per heavy atom. The Morgan fingerprint density at radius 1 is 1.43 bits per heavy atom. The molecule has 0 aliphatic heterocycles. The summed E-state index contributed by atoms with van der Waals surface area (Å²) in [6.45, 7) is 2.67. The van der Waals surface area contributed by atoms with Crippen molar-refractivity contribution in [1.29, 1.82) is 0 Å². The van der Waals surface area contributed by atoms with Crippen molar-refractivity contribution in [2.45, 2.75) is 31.1 Å². The Hall–Kier alpha value is -1.27. The Kier molecular flexibility index (Phi) is 5.11. The first-order chi connectivity index (χ1) is 9.91. The number of nitrogens with one attached hydrogen (secondary N) is 1. The van der Waals surface area contributed by atoms with Gasteiger partial charge in [0.2, 0.25) is 0 Å². The van der Waals surface area contributed by atoms with Crippen molar-refractivity contribution in [2.75, 3.05) is 13.2 Å². The van der Waals surface area contributed by atoms with Crippen LogP contribution in [0.25, 0.3) is 0 Å². The highest BCUT2D eigenvalue weighted by molar-refractivity contribution is 8.13. The molecule has 5 nitrogen and oxygen atoms in total. The molecule has 0 unspecified atom stereocenters. The van der Waals surface area contributed by atoms with Gasteiger partial charge in [-0.25, -0.2) is 8.42 Å². The molecule has 116 valence electrons.